The van der Waals surface area contributed by atoms with E-state index in [0.29, 0.717) is 19.0 Å². The zero-order valence-electron chi connectivity index (χ0n) is 13.8. The molecule has 0 unspecified atom stereocenters. The minimum absolute atomic E-state index is 0.0465. The predicted octanol–water partition coefficient (Wildman–Crippen LogP) is 2.99. The topological polar surface area (TPSA) is 51.7 Å². The summed E-state index contributed by atoms with van der Waals surface area (Å²) in [7, 11) is 0. The van der Waals surface area contributed by atoms with Gasteiger partial charge in [-0.15, -0.1) is 11.3 Å². The zero-order valence-corrected chi connectivity index (χ0v) is 14.6. The van der Waals surface area contributed by atoms with Gasteiger partial charge in [0.25, 0.3) is 0 Å². The standard InChI is InChI=1S/C19H20N2O3S/c22-18(7-6-14-4-3-13-25-14)21-11-8-16(19-15(21)9-12-23-19)24-17-5-1-2-10-20-17/h1-7,10,13,15-16,19H,8-9,11-12H2/b7-6+/t15-,16+,19-/m0/s1. The van der Waals surface area contributed by atoms with Crippen LogP contribution in [-0.4, -0.2) is 47.2 Å². The molecule has 2 aliphatic rings. The van der Waals surface area contributed by atoms with Gasteiger partial charge in [-0.2, -0.15) is 0 Å². The molecule has 0 saturated carbocycles. The highest BCUT2D eigenvalue weighted by Crippen LogP contribution is 2.31. The predicted molar refractivity (Wildman–Crippen MR) is 96.5 cm³/mol. The monoisotopic (exact) mass is 356 g/mol. The van der Waals surface area contributed by atoms with Crippen molar-refractivity contribution in [3.8, 4) is 5.88 Å². The molecule has 5 nitrogen and oxygen atoms in total. The summed E-state index contributed by atoms with van der Waals surface area (Å²) in [6.45, 7) is 1.34. The Balaban J connectivity index is 1.44. The third-order valence-corrected chi connectivity index (χ3v) is 5.49. The van der Waals surface area contributed by atoms with Crippen molar-refractivity contribution in [3.63, 3.8) is 0 Å². The molecule has 0 spiro atoms. The molecule has 4 heterocycles. The first-order chi connectivity index (χ1) is 12.3. The van der Waals surface area contributed by atoms with Crippen LogP contribution in [0.2, 0.25) is 0 Å². The maximum Gasteiger partial charge on any atom is 0.246 e. The van der Waals surface area contributed by atoms with Gasteiger partial charge >= 0.3 is 0 Å². The van der Waals surface area contributed by atoms with E-state index in [0.717, 1.165) is 17.7 Å². The fraction of sp³-hybridized carbons (Fsp3) is 0.368. The molecule has 2 saturated heterocycles. The molecule has 1 amide bonds. The van der Waals surface area contributed by atoms with E-state index in [-0.39, 0.29) is 24.2 Å². The van der Waals surface area contributed by atoms with Gasteiger partial charge in [0, 0.05) is 42.8 Å². The maximum absolute atomic E-state index is 12.6. The Hall–Kier alpha value is -2.18. The smallest absolute Gasteiger partial charge is 0.246 e. The number of carbonyl (C=O) groups excluding carboxylic acids is 1. The molecule has 4 rings (SSSR count). The van der Waals surface area contributed by atoms with Crippen LogP contribution in [0, 0.1) is 0 Å². The Bertz CT molecular complexity index is 732. The third-order valence-electron chi connectivity index (χ3n) is 4.65. The van der Waals surface area contributed by atoms with Gasteiger partial charge in [0.1, 0.15) is 12.2 Å². The fourth-order valence-electron chi connectivity index (χ4n) is 3.49. The van der Waals surface area contributed by atoms with Crippen LogP contribution in [-0.2, 0) is 9.53 Å². The summed E-state index contributed by atoms with van der Waals surface area (Å²) in [4.78, 5) is 19.9. The largest absolute Gasteiger partial charge is 0.471 e. The number of aromatic nitrogens is 1. The highest BCUT2D eigenvalue weighted by atomic mass is 32.1. The molecule has 0 bridgehead atoms. The van der Waals surface area contributed by atoms with Gasteiger partial charge in [0.15, 0.2) is 0 Å². The lowest BCUT2D eigenvalue weighted by Crippen LogP contribution is -2.55. The Morgan fingerprint density at radius 3 is 3.08 bits per heavy atom. The summed E-state index contributed by atoms with van der Waals surface area (Å²) >= 11 is 1.62. The van der Waals surface area contributed by atoms with Crippen LogP contribution in [0.3, 0.4) is 0 Å². The molecular weight excluding hydrogens is 336 g/mol. The van der Waals surface area contributed by atoms with Gasteiger partial charge in [0.2, 0.25) is 11.8 Å². The molecule has 0 aromatic carbocycles. The van der Waals surface area contributed by atoms with Crippen LogP contribution in [0.15, 0.2) is 48.0 Å². The highest BCUT2D eigenvalue weighted by molar-refractivity contribution is 7.10. The van der Waals surface area contributed by atoms with Crippen molar-refractivity contribution in [1.82, 2.24) is 9.88 Å². The Morgan fingerprint density at radius 2 is 2.28 bits per heavy atom. The van der Waals surface area contributed by atoms with Gasteiger partial charge in [-0.05, 0) is 30.0 Å². The van der Waals surface area contributed by atoms with E-state index in [9.17, 15) is 4.79 Å². The van der Waals surface area contributed by atoms with Crippen molar-refractivity contribution in [1.29, 1.82) is 0 Å². The van der Waals surface area contributed by atoms with Gasteiger partial charge in [-0.3, -0.25) is 4.79 Å². The molecule has 25 heavy (non-hydrogen) atoms. The normalized spacial score (nSPS) is 25.9. The van der Waals surface area contributed by atoms with Crippen LogP contribution in [0.1, 0.15) is 17.7 Å². The van der Waals surface area contributed by atoms with E-state index in [2.05, 4.69) is 4.98 Å². The third kappa shape index (κ3) is 3.60. The second-order valence-corrected chi connectivity index (χ2v) is 7.16. The summed E-state index contributed by atoms with van der Waals surface area (Å²) in [5, 5.41) is 2.01. The molecule has 0 aliphatic carbocycles. The van der Waals surface area contributed by atoms with E-state index in [1.54, 1.807) is 23.6 Å². The first kappa shape index (κ1) is 16.3. The number of piperidine rings is 1. The molecule has 2 aliphatic heterocycles. The summed E-state index contributed by atoms with van der Waals surface area (Å²) in [6.07, 6.45) is 6.72. The Labute approximate surface area is 150 Å². The van der Waals surface area contributed by atoms with Crippen LogP contribution in [0.4, 0.5) is 0 Å². The second-order valence-electron chi connectivity index (χ2n) is 6.18. The quantitative estimate of drug-likeness (QED) is 0.791. The number of pyridine rings is 1. The minimum atomic E-state index is -0.0881. The number of fused-ring (bicyclic) bond motifs is 1. The lowest BCUT2D eigenvalue weighted by atomic mass is 9.95. The van der Waals surface area contributed by atoms with E-state index >= 15 is 0 Å². The van der Waals surface area contributed by atoms with E-state index < -0.39 is 0 Å². The number of likely N-dealkylation sites (tertiary alicyclic amines) is 1. The summed E-state index contributed by atoms with van der Waals surface area (Å²) in [5.74, 6) is 0.657. The Morgan fingerprint density at radius 1 is 1.32 bits per heavy atom. The van der Waals surface area contributed by atoms with E-state index in [1.807, 2.05) is 46.7 Å². The van der Waals surface area contributed by atoms with Gasteiger partial charge in [0.05, 0.1) is 6.04 Å². The number of carbonyl (C=O) groups is 1. The lowest BCUT2D eigenvalue weighted by Gasteiger charge is -2.40. The van der Waals surface area contributed by atoms with Crippen LogP contribution >= 0.6 is 11.3 Å². The summed E-state index contributed by atoms with van der Waals surface area (Å²) in [6, 6.07) is 9.68. The van der Waals surface area contributed by atoms with E-state index in [4.69, 9.17) is 9.47 Å². The highest BCUT2D eigenvalue weighted by Gasteiger charge is 2.44. The molecule has 3 atom stereocenters. The summed E-state index contributed by atoms with van der Waals surface area (Å²) < 4.78 is 11.9. The van der Waals surface area contributed by atoms with Crippen molar-refractivity contribution < 1.29 is 14.3 Å². The molecule has 6 heteroatoms. The van der Waals surface area contributed by atoms with Gasteiger partial charge < -0.3 is 14.4 Å². The van der Waals surface area contributed by atoms with Gasteiger partial charge in [-0.1, -0.05) is 12.1 Å². The van der Waals surface area contributed by atoms with Crippen LogP contribution in [0.5, 0.6) is 5.88 Å². The molecule has 0 N–H and O–H groups in total. The molecule has 2 aromatic heterocycles. The fourth-order valence-corrected chi connectivity index (χ4v) is 4.11. The maximum atomic E-state index is 12.6. The molecule has 2 aromatic rings. The number of thiophene rings is 1. The van der Waals surface area contributed by atoms with Crippen molar-refractivity contribution in [3.05, 3.63) is 52.9 Å². The van der Waals surface area contributed by atoms with Crippen molar-refractivity contribution in [2.75, 3.05) is 13.2 Å². The number of amides is 1. The lowest BCUT2D eigenvalue weighted by molar-refractivity contribution is -0.135. The van der Waals surface area contributed by atoms with Crippen molar-refractivity contribution in [2.24, 2.45) is 0 Å². The SMILES string of the molecule is O=C(/C=C/c1cccs1)N1CC[C@@H](Oc2ccccn2)[C@H]2OCC[C@@H]21. The Kier molecular flexibility index (Phi) is 4.81. The first-order valence-corrected chi connectivity index (χ1v) is 9.41. The molecule has 0 radical (unpaired) electrons. The van der Waals surface area contributed by atoms with Crippen LogP contribution < -0.4 is 4.74 Å². The van der Waals surface area contributed by atoms with Crippen LogP contribution in [0.25, 0.3) is 6.08 Å². The van der Waals surface area contributed by atoms with Gasteiger partial charge in [-0.25, -0.2) is 4.98 Å². The molecule has 2 fully saturated rings. The average molecular weight is 356 g/mol. The number of ether oxygens (including phenoxy) is 2. The number of nitrogens with zero attached hydrogens (tertiary/aromatic N) is 2. The zero-order chi connectivity index (χ0) is 17.1. The summed E-state index contributed by atoms with van der Waals surface area (Å²) in [5.41, 5.74) is 0. The number of rotatable bonds is 4. The molecule has 130 valence electrons. The number of hydrogen-bond donors (Lipinski definition) is 0. The van der Waals surface area contributed by atoms with Crippen molar-refractivity contribution in [2.45, 2.75) is 31.1 Å². The second kappa shape index (κ2) is 7.37. The number of hydrogen-bond acceptors (Lipinski definition) is 5. The van der Waals surface area contributed by atoms with E-state index in [1.165, 1.54) is 0 Å². The minimum Gasteiger partial charge on any atom is -0.471 e. The van der Waals surface area contributed by atoms with Crippen molar-refractivity contribution >= 4 is 23.3 Å². The first-order valence-electron chi connectivity index (χ1n) is 8.53. The average Bonchev–Trinajstić information content (AvgIpc) is 3.33. The molecular formula is C19H20N2O3S.